The highest BCUT2D eigenvalue weighted by Crippen LogP contribution is 2.37. The van der Waals surface area contributed by atoms with Crippen molar-refractivity contribution >= 4 is 70.6 Å². The molecule has 9 amide bonds. The number of nitriles is 1. The number of ether oxygens (including phenoxy) is 3. The number of amides is 9. The Morgan fingerprint density at radius 3 is 1.88 bits per heavy atom. The molecule has 2 heterocycles. The Hall–Kier alpha value is -8.88. The number of nitrogens with one attached hydrogen (secondary N) is 5. The number of likely N-dealkylation sites (N-methyl/N-ethyl adjacent to an activating group) is 2. The van der Waals surface area contributed by atoms with Gasteiger partial charge < -0.3 is 61.2 Å². The molecule has 5 rings (SSSR count). The van der Waals surface area contributed by atoms with Crippen molar-refractivity contribution in [3.63, 3.8) is 0 Å². The van der Waals surface area contributed by atoms with Gasteiger partial charge in [0.25, 0.3) is 0 Å². The number of Topliss-reactive ketones (excluding diaryl/α,β-unsaturated/α-hetero) is 2. The van der Waals surface area contributed by atoms with Crippen LogP contribution < -0.4 is 37.1 Å². The molecule has 29 heteroatoms. The number of primary amides is 1. The van der Waals surface area contributed by atoms with E-state index in [2.05, 4.69) is 26.6 Å². The van der Waals surface area contributed by atoms with E-state index in [0.717, 1.165) is 12.5 Å². The number of methoxy groups -OCH3 is 2. The van der Waals surface area contributed by atoms with Crippen LogP contribution in [0.25, 0.3) is 0 Å². The van der Waals surface area contributed by atoms with Crippen LogP contribution in [-0.2, 0) is 70.4 Å². The van der Waals surface area contributed by atoms with E-state index in [1.807, 2.05) is 90.9 Å². The van der Waals surface area contributed by atoms with Crippen LogP contribution in [0.5, 0.6) is 5.75 Å². The van der Waals surface area contributed by atoms with Gasteiger partial charge in [0.2, 0.25) is 52.9 Å². The number of rotatable bonds is 40. The van der Waals surface area contributed by atoms with Crippen molar-refractivity contribution in [2.75, 3.05) is 66.9 Å². The number of hydrogen-bond acceptors (Lipinski definition) is 16. The van der Waals surface area contributed by atoms with Gasteiger partial charge in [-0.3, -0.25) is 48.1 Å². The van der Waals surface area contributed by atoms with Gasteiger partial charge in [0.05, 0.1) is 48.9 Å². The van der Waals surface area contributed by atoms with Crippen LogP contribution in [0.3, 0.4) is 0 Å². The first-order chi connectivity index (χ1) is 50.5. The Kier molecular flexibility index (Phi) is 34.4. The minimum atomic E-state index is -2.10. The first-order valence-electron chi connectivity index (χ1n) is 36.9. The molecule has 590 valence electrons. The first-order valence-corrected chi connectivity index (χ1v) is 36.9. The lowest BCUT2D eigenvalue weighted by atomic mass is 9.79. The summed E-state index contributed by atoms with van der Waals surface area (Å²) in [5, 5.41) is 24.0. The van der Waals surface area contributed by atoms with E-state index in [0.29, 0.717) is 37.1 Å². The van der Waals surface area contributed by atoms with Gasteiger partial charge >= 0.3 is 12.0 Å². The average Bonchev–Trinajstić information content (AvgIpc) is 1.22. The second-order valence-corrected chi connectivity index (χ2v) is 29.7. The molecular weight excluding hydrogens is 1390 g/mol. The number of anilines is 1. The molecule has 0 aromatic heterocycles. The van der Waals surface area contributed by atoms with Gasteiger partial charge in [-0.25, -0.2) is 22.8 Å². The minimum absolute atomic E-state index is 0.0192. The molecule has 0 spiro atoms. The summed E-state index contributed by atoms with van der Waals surface area (Å²) in [4.78, 5) is 158. The Balaban J connectivity index is 1.21. The van der Waals surface area contributed by atoms with E-state index in [4.69, 9.17) is 19.9 Å². The summed E-state index contributed by atoms with van der Waals surface area (Å²) < 4.78 is 74.2. The summed E-state index contributed by atoms with van der Waals surface area (Å²) in [6.45, 7) is 17.7. The standard InChI is InChI=1S/C78H111F4N11O14/c1-16-47(8)69(91(13)75(102)67(45(4)5)89-74(101)68(46(6)7)90(11)12)58(105-14)41-61(98)93-35-21-25-55(93)70(106-15)48(9)56(94)40-53(38-50-22-18-17-19-23-50)72(99)86-42-51-26-28-54(29-27-51)87-73(100)52(24-20-34-85-77(84)104)39-57(95)66(44(2)3)88-59(96)30-31-60(97)92-36-32-78(43-83,33-37-92)76(103)107-71-63(80)49(10)62(79)64(81)65(71)82/h17-19,22-23,26-29,44-48,52-53,55,58,66-70H,16,20-21,24-25,30-42H2,1-15H3,(H,86,99)(H,87,100)(H,88,96)(H,89,101)(H3,84,85,104)/t47-,48-,52+,53+,55-,58+,66-,67-,68-,69-,70+/m0/s1. The van der Waals surface area contributed by atoms with Crippen LogP contribution in [0, 0.1) is 88.4 Å². The quantitative estimate of drug-likeness (QED) is 0.00779. The number of esters is 1. The molecule has 7 N–H and O–H groups in total. The number of nitrogens with two attached hydrogens (primary N) is 1. The van der Waals surface area contributed by atoms with Crippen LogP contribution in [0.2, 0.25) is 0 Å². The van der Waals surface area contributed by atoms with Gasteiger partial charge in [0.15, 0.2) is 28.6 Å². The normalized spacial score (nSPS) is 17.1. The van der Waals surface area contributed by atoms with E-state index in [-0.39, 0.29) is 125 Å². The second kappa shape index (κ2) is 41.5. The SMILES string of the molecule is CC[C@H](C)[C@@H]([C@@H](CC(=O)N1CCC[C@H]1[C@H](OC)[C@@H](C)C(=O)C[C@@H](Cc1ccccc1)C(=O)NCc1ccc(NC(=O)[C@H](CCCNC(N)=O)CC(=O)[C@@H](NC(=O)CCC(=O)N2CCC(C#N)(C(=O)Oc3c(F)c(C)c(F)c(F)c3F)CC2)C(C)C)cc1)OC)N(C)C(=O)[C@@H](NC(=O)[C@H](C(C)C)N(C)C)C(C)C. The molecule has 0 bridgehead atoms. The van der Waals surface area contributed by atoms with E-state index in [9.17, 15) is 75.6 Å². The van der Waals surface area contributed by atoms with Gasteiger partial charge in [-0.2, -0.15) is 9.65 Å². The van der Waals surface area contributed by atoms with Gasteiger partial charge in [-0.1, -0.05) is 111 Å². The molecule has 25 nitrogen and oxygen atoms in total. The summed E-state index contributed by atoms with van der Waals surface area (Å²) in [7, 11) is 8.37. The van der Waals surface area contributed by atoms with Crippen molar-refractivity contribution in [2.45, 2.75) is 202 Å². The summed E-state index contributed by atoms with van der Waals surface area (Å²) >= 11 is 0. The number of carbonyl (C=O) groups excluding carboxylic acids is 11. The molecule has 2 saturated heterocycles. The molecular formula is C78H111F4N11O14. The molecule has 0 unspecified atom stereocenters. The Morgan fingerprint density at radius 2 is 1.32 bits per heavy atom. The van der Waals surface area contributed by atoms with Gasteiger partial charge in [0, 0.05) is 109 Å². The summed E-state index contributed by atoms with van der Waals surface area (Å²) in [6.07, 6.45) is -1.12. The summed E-state index contributed by atoms with van der Waals surface area (Å²) in [5.74, 6) is -17.8. The Bertz CT molecular complexity index is 3590. The van der Waals surface area contributed by atoms with E-state index >= 15 is 0 Å². The molecule has 0 radical (unpaired) electrons. The fourth-order valence-corrected chi connectivity index (χ4v) is 14.3. The monoisotopic (exact) mass is 1500 g/mol. The molecule has 3 aromatic carbocycles. The fourth-order valence-electron chi connectivity index (χ4n) is 14.3. The predicted octanol–water partition coefficient (Wildman–Crippen LogP) is 8.25. The van der Waals surface area contributed by atoms with E-state index in [1.165, 1.54) is 19.1 Å². The smallest absolute Gasteiger partial charge is 0.332 e. The van der Waals surface area contributed by atoms with Crippen molar-refractivity contribution in [3.8, 4) is 11.8 Å². The largest absolute Gasteiger partial charge is 0.419 e. The zero-order valence-electron chi connectivity index (χ0n) is 64.5. The zero-order chi connectivity index (χ0) is 79.9. The maximum atomic E-state index is 14.7. The Labute approximate surface area is 626 Å². The number of piperidine rings is 1. The minimum Gasteiger partial charge on any atom is -0.419 e. The summed E-state index contributed by atoms with van der Waals surface area (Å²) in [5.41, 5.74) is 4.12. The number of carbonyl (C=O) groups is 11. The number of halogens is 4. The van der Waals surface area contributed by atoms with Gasteiger partial charge in [0.1, 0.15) is 11.8 Å². The maximum Gasteiger partial charge on any atom is 0.332 e. The fraction of sp³-hybridized carbons (Fsp3) is 0.615. The van der Waals surface area contributed by atoms with Crippen molar-refractivity contribution in [3.05, 3.63) is 94.6 Å². The van der Waals surface area contributed by atoms with Crippen LogP contribution in [0.15, 0.2) is 54.6 Å². The molecule has 2 fully saturated rings. The van der Waals surface area contributed by atoms with Crippen molar-refractivity contribution in [1.29, 1.82) is 5.26 Å². The lowest BCUT2D eigenvalue weighted by molar-refractivity contribution is -0.148. The highest BCUT2D eigenvalue weighted by Gasteiger charge is 2.47. The molecule has 0 saturated carbocycles. The molecule has 2 aliphatic heterocycles. The molecule has 3 aromatic rings. The topological polar surface area (TPSA) is 338 Å². The molecule has 107 heavy (non-hydrogen) atoms. The maximum absolute atomic E-state index is 14.7. The number of benzene rings is 3. The second-order valence-electron chi connectivity index (χ2n) is 29.7. The number of urea groups is 1. The number of likely N-dealkylation sites (tertiary alicyclic amines) is 2. The third-order valence-electron chi connectivity index (χ3n) is 20.8. The van der Waals surface area contributed by atoms with Crippen LogP contribution >= 0.6 is 0 Å². The third kappa shape index (κ3) is 24.1. The molecule has 0 aliphatic carbocycles. The van der Waals surface area contributed by atoms with Gasteiger partial charge in [-0.15, -0.1) is 0 Å². The van der Waals surface area contributed by atoms with Gasteiger partial charge in [-0.05, 0) is 113 Å². The van der Waals surface area contributed by atoms with Crippen LogP contribution in [0.4, 0.5) is 28.0 Å². The highest BCUT2D eigenvalue weighted by atomic mass is 19.2. The number of nitrogens with zero attached hydrogens (tertiary/aromatic N) is 5. The first kappa shape index (κ1) is 88.7. The third-order valence-corrected chi connectivity index (χ3v) is 20.8. The number of hydrogen-bond donors (Lipinski definition) is 6. The van der Waals surface area contributed by atoms with E-state index < -0.39 is 154 Å². The van der Waals surface area contributed by atoms with Crippen molar-refractivity contribution < 1.29 is 84.5 Å². The average molecular weight is 1500 g/mol. The van der Waals surface area contributed by atoms with Crippen LogP contribution in [-0.4, -0.2) is 188 Å². The highest BCUT2D eigenvalue weighted by molar-refractivity contribution is 5.98. The number of ketones is 2. The molecule has 2 aliphatic rings. The summed E-state index contributed by atoms with van der Waals surface area (Å²) in [6, 6.07) is 13.4. The predicted molar refractivity (Wildman–Crippen MR) is 392 cm³/mol. The lowest BCUT2D eigenvalue weighted by Gasteiger charge is -2.41. The van der Waals surface area contributed by atoms with Crippen molar-refractivity contribution in [1.82, 2.24) is 40.9 Å². The van der Waals surface area contributed by atoms with Crippen LogP contribution in [0.1, 0.15) is 156 Å². The van der Waals surface area contributed by atoms with Crippen molar-refractivity contribution in [2.24, 2.45) is 52.6 Å². The Morgan fingerprint density at radius 1 is 0.692 bits per heavy atom. The lowest BCUT2D eigenvalue weighted by Crippen LogP contribution is -2.59. The zero-order valence-corrected chi connectivity index (χ0v) is 64.5. The van der Waals surface area contributed by atoms with E-state index in [1.54, 1.807) is 68.0 Å². The molecule has 11 atom stereocenters.